The normalized spacial score (nSPS) is 55.9. The van der Waals surface area contributed by atoms with Crippen LogP contribution in [0.2, 0.25) is 0 Å². The van der Waals surface area contributed by atoms with Crippen LogP contribution in [-0.2, 0) is 0 Å². The summed E-state index contributed by atoms with van der Waals surface area (Å²) in [6.45, 7) is 0. The monoisotopic (exact) mass is 154 g/mol. The van der Waals surface area contributed by atoms with Gasteiger partial charge in [0.05, 0.1) is 0 Å². The lowest BCUT2D eigenvalue weighted by molar-refractivity contribution is 0.278. The molecule has 0 unspecified atom stereocenters. The molecule has 0 aromatic carbocycles. The molecule has 0 amide bonds. The van der Waals surface area contributed by atoms with Crippen LogP contribution in [0.5, 0.6) is 0 Å². The first-order chi connectivity index (χ1) is 4.86. The van der Waals surface area contributed by atoms with Gasteiger partial charge in [0, 0.05) is 11.0 Å². The van der Waals surface area contributed by atoms with Gasteiger partial charge in [-0.3, -0.25) is 0 Å². The van der Waals surface area contributed by atoms with Crippen molar-refractivity contribution in [2.45, 2.75) is 19.3 Å². The van der Waals surface area contributed by atoms with Crippen molar-refractivity contribution in [1.29, 1.82) is 0 Å². The number of fused-ring (bicyclic) bond motifs is 5. The van der Waals surface area contributed by atoms with Crippen molar-refractivity contribution in [3.63, 3.8) is 0 Å². The molecule has 0 N–H and O–H groups in total. The molecule has 0 radical (unpaired) electrons. The highest BCUT2D eigenvalue weighted by Crippen LogP contribution is 2.61. The number of hydrogen-bond acceptors (Lipinski definition) is 0. The zero-order valence-electron chi connectivity index (χ0n) is 5.89. The first kappa shape index (κ1) is 5.65. The first-order valence-electron chi connectivity index (χ1n) is 4.23. The fourth-order valence-corrected chi connectivity index (χ4v) is 3.63. The molecule has 4 atom stereocenters. The van der Waals surface area contributed by atoms with Gasteiger partial charge in [-0.25, -0.2) is 0 Å². The Morgan fingerprint density at radius 2 is 2.10 bits per heavy atom. The molecule has 2 fully saturated rings. The molecule has 10 heavy (non-hydrogen) atoms. The molecule has 0 nitrogen and oxygen atoms in total. The van der Waals surface area contributed by atoms with E-state index in [2.05, 4.69) is 6.08 Å². The van der Waals surface area contributed by atoms with Gasteiger partial charge in [0.2, 0.25) is 0 Å². The molecule has 3 aliphatic rings. The molecule has 54 valence electrons. The van der Waals surface area contributed by atoms with Gasteiger partial charge in [0.25, 0.3) is 0 Å². The van der Waals surface area contributed by atoms with Gasteiger partial charge in [-0.1, -0.05) is 17.7 Å². The number of hydrogen-bond donors (Lipinski definition) is 0. The Bertz CT molecular complexity index is 207. The maximum Gasteiger partial charge on any atom is 0.0184 e. The molecule has 0 aromatic rings. The van der Waals surface area contributed by atoms with Crippen LogP contribution in [0.15, 0.2) is 11.1 Å². The third-order valence-corrected chi connectivity index (χ3v) is 4.03. The second kappa shape index (κ2) is 1.61. The molecule has 0 heterocycles. The lowest BCUT2D eigenvalue weighted by atomic mass is 9.72. The summed E-state index contributed by atoms with van der Waals surface area (Å²) in [5.41, 5.74) is 0. The SMILES string of the molecule is ClC1=C[C@@H]2[C@H]3CC[C@H](C3)[C@H]12. The highest BCUT2D eigenvalue weighted by atomic mass is 35.5. The Kier molecular flexibility index (Phi) is 0.909. The summed E-state index contributed by atoms with van der Waals surface area (Å²) in [4.78, 5) is 0. The van der Waals surface area contributed by atoms with Gasteiger partial charge in [0.15, 0.2) is 0 Å². The van der Waals surface area contributed by atoms with Crippen molar-refractivity contribution in [3.8, 4) is 0 Å². The molecule has 0 spiro atoms. The second-order valence-electron chi connectivity index (χ2n) is 3.99. The van der Waals surface area contributed by atoms with Crippen LogP contribution >= 0.6 is 11.6 Å². The summed E-state index contributed by atoms with van der Waals surface area (Å²) in [5, 5.41) is 1.18. The number of rotatable bonds is 0. The Morgan fingerprint density at radius 3 is 2.70 bits per heavy atom. The lowest BCUT2D eigenvalue weighted by Gasteiger charge is -2.36. The first-order valence-corrected chi connectivity index (χ1v) is 4.61. The van der Waals surface area contributed by atoms with Crippen LogP contribution in [-0.4, -0.2) is 0 Å². The quantitative estimate of drug-likeness (QED) is 0.504. The zero-order valence-corrected chi connectivity index (χ0v) is 6.64. The maximum absolute atomic E-state index is 6.01. The maximum atomic E-state index is 6.01. The summed E-state index contributed by atoms with van der Waals surface area (Å²) in [6, 6.07) is 0. The highest BCUT2D eigenvalue weighted by molar-refractivity contribution is 6.30. The van der Waals surface area contributed by atoms with Crippen molar-refractivity contribution < 1.29 is 0 Å². The van der Waals surface area contributed by atoms with Gasteiger partial charge in [-0.15, -0.1) is 0 Å². The minimum Gasteiger partial charge on any atom is -0.0891 e. The third kappa shape index (κ3) is 0.471. The van der Waals surface area contributed by atoms with E-state index < -0.39 is 0 Å². The molecule has 0 aromatic heterocycles. The molecule has 2 saturated carbocycles. The fourth-order valence-electron chi connectivity index (χ4n) is 3.16. The molecular weight excluding hydrogens is 144 g/mol. The predicted molar refractivity (Wildman–Crippen MR) is 41.7 cm³/mol. The largest absolute Gasteiger partial charge is 0.0891 e. The van der Waals surface area contributed by atoms with Gasteiger partial charge in [-0.05, 0) is 37.0 Å². The molecule has 1 heteroatoms. The Hall–Kier alpha value is 0.0300. The van der Waals surface area contributed by atoms with Crippen LogP contribution < -0.4 is 0 Å². The van der Waals surface area contributed by atoms with Gasteiger partial charge < -0.3 is 0 Å². The van der Waals surface area contributed by atoms with Crippen molar-refractivity contribution in [2.24, 2.45) is 23.7 Å². The molecular formula is C9H11Cl. The summed E-state index contributed by atoms with van der Waals surface area (Å²) < 4.78 is 0. The van der Waals surface area contributed by atoms with Crippen LogP contribution in [0, 0.1) is 23.7 Å². The highest BCUT2D eigenvalue weighted by Gasteiger charge is 2.52. The van der Waals surface area contributed by atoms with Gasteiger partial charge >= 0.3 is 0 Å². The average molecular weight is 155 g/mol. The summed E-state index contributed by atoms with van der Waals surface area (Å²) >= 11 is 6.01. The van der Waals surface area contributed by atoms with Crippen LogP contribution in [0.3, 0.4) is 0 Å². The zero-order chi connectivity index (χ0) is 6.72. The van der Waals surface area contributed by atoms with Crippen LogP contribution in [0.4, 0.5) is 0 Å². The van der Waals surface area contributed by atoms with E-state index in [1.807, 2.05) is 0 Å². The van der Waals surface area contributed by atoms with Crippen molar-refractivity contribution in [2.75, 3.05) is 0 Å². The standard InChI is InChI=1S/C9H11Cl/c10-8-4-7-5-1-2-6(3-5)9(7)8/h4-7,9H,1-3H2/t5-,6+,7+,9-/m0/s1. The fraction of sp³-hybridized carbons (Fsp3) is 0.778. The van der Waals surface area contributed by atoms with E-state index in [1.165, 1.54) is 24.3 Å². The minimum atomic E-state index is 0.820. The molecule has 3 rings (SSSR count). The molecule has 2 bridgehead atoms. The molecule has 0 aliphatic heterocycles. The number of halogens is 1. The van der Waals surface area contributed by atoms with E-state index in [0.29, 0.717) is 0 Å². The topological polar surface area (TPSA) is 0 Å². The Balaban J connectivity index is 2.00. The summed E-state index contributed by atoms with van der Waals surface area (Å²) in [7, 11) is 0. The predicted octanol–water partition coefficient (Wildman–Crippen LogP) is 2.79. The van der Waals surface area contributed by atoms with E-state index in [9.17, 15) is 0 Å². The molecule has 3 aliphatic carbocycles. The van der Waals surface area contributed by atoms with Crippen molar-refractivity contribution >= 4 is 11.6 Å². The second-order valence-corrected chi connectivity index (χ2v) is 4.42. The van der Waals surface area contributed by atoms with Gasteiger partial charge in [-0.2, -0.15) is 0 Å². The number of allylic oxidation sites excluding steroid dienone is 2. The van der Waals surface area contributed by atoms with E-state index in [4.69, 9.17) is 11.6 Å². The smallest absolute Gasteiger partial charge is 0.0184 e. The van der Waals surface area contributed by atoms with E-state index in [-0.39, 0.29) is 0 Å². The van der Waals surface area contributed by atoms with E-state index >= 15 is 0 Å². The lowest BCUT2D eigenvalue weighted by Crippen LogP contribution is -2.28. The summed E-state index contributed by atoms with van der Waals surface area (Å²) in [5.74, 6) is 3.73. The van der Waals surface area contributed by atoms with Crippen LogP contribution in [0.1, 0.15) is 19.3 Å². The Morgan fingerprint density at radius 1 is 1.30 bits per heavy atom. The van der Waals surface area contributed by atoms with Crippen molar-refractivity contribution in [1.82, 2.24) is 0 Å². The molecule has 0 saturated heterocycles. The third-order valence-electron chi connectivity index (χ3n) is 3.65. The van der Waals surface area contributed by atoms with Crippen LogP contribution in [0.25, 0.3) is 0 Å². The van der Waals surface area contributed by atoms with E-state index in [0.717, 1.165) is 23.7 Å². The minimum absolute atomic E-state index is 0.820. The summed E-state index contributed by atoms with van der Waals surface area (Å²) in [6.07, 6.45) is 6.69. The Labute approximate surface area is 66.3 Å². The average Bonchev–Trinajstić information content (AvgIpc) is 2.40. The van der Waals surface area contributed by atoms with E-state index in [1.54, 1.807) is 0 Å². The van der Waals surface area contributed by atoms with Crippen molar-refractivity contribution in [3.05, 3.63) is 11.1 Å². The van der Waals surface area contributed by atoms with Gasteiger partial charge in [0.1, 0.15) is 0 Å².